The van der Waals surface area contributed by atoms with Crippen LogP contribution < -0.4 is 5.32 Å². The SMILES string of the molecule is O=C(Nc1nc2c(s1)CC(c1ccccc1)CC2)c1ccccc1Br. The number of aromatic nitrogens is 1. The number of amides is 1. The zero-order chi connectivity index (χ0) is 17.2. The van der Waals surface area contributed by atoms with Gasteiger partial charge in [0.2, 0.25) is 0 Å². The van der Waals surface area contributed by atoms with Crippen LogP contribution in [0.4, 0.5) is 5.13 Å². The Morgan fingerprint density at radius 3 is 2.68 bits per heavy atom. The van der Waals surface area contributed by atoms with Crippen LogP contribution in [0.15, 0.2) is 59.1 Å². The Balaban J connectivity index is 1.51. The number of nitrogens with one attached hydrogen (secondary N) is 1. The number of carbonyl (C=O) groups is 1. The molecule has 0 aliphatic heterocycles. The van der Waals surface area contributed by atoms with Crippen molar-refractivity contribution in [2.24, 2.45) is 0 Å². The molecule has 1 N–H and O–H groups in total. The van der Waals surface area contributed by atoms with Gasteiger partial charge in [-0.05, 0) is 58.8 Å². The minimum atomic E-state index is -0.127. The molecule has 0 fully saturated rings. The molecule has 126 valence electrons. The standard InChI is InChI=1S/C20H17BrN2OS/c21-16-9-5-4-8-15(16)19(24)23-20-22-17-11-10-14(12-18(17)25-20)13-6-2-1-3-7-13/h1-9,14H,10-12H2,(H,22,23,24). The number of anilines is 1. The molecule has 0 bridgehead atoms. The van der Waals surface area contributed by atoms with Crippen LogP contribution in [0.3, 0.4) is 0 Å². The van der Waals surface area contributed by atoms with Gasteiger partial charge in [0.1, 0.15) is 0 Å². The van der Waals surface area contributed by atoms with Gasteiger partial charge in [0.05, 0.1) is 11.3 Å². The lowest BCUT2D eigenvalue weighted by Gasteiger charge is -2.21. The first-order valence-corrected chi connectivity index (χ1v) is 9.91. The highest BCUT2D eigenvalue weighted by Crippen LogP contribution is 2.37. The van der Waals surface area contributed by atoms with E-state index in [9.17, 15) is 4.79 Å². The van der Waals surface area contributed by atoms with E-state index in [0.717, 1.165) is 29.4 Å². The van der Waals surface area contributed by atoms with E-state index in [1.54, 1.807) is 17.4 Å². The van der Waals surface area contributed by atoms with Crippen LogP contribution in [0.2, 0.25) is 0 Å². The second-order valence-electron chi connectivity index (χ2n) is 6.17. The maximum absolute atomic E-state index is 12.5. The Bertz CT molecular complexity index is 907. The molecule has 3 aromatic rings. The third-order valence-electron chi connectivity index (χ3n) is 4.55. The molecule has 1 atom stereocenters. The first-order valence-electron chi connectivity index (χ1n) is 8.30. The largest absolute Gasteiger partial charge is 0.298 e. The summed E-state index contributed by atoms with van der Waals surface area (Å²) in [6.45, 7) is 0. The summed E-state index contributed by atoms with van der Waals surface area (Å²) >= 11 is 5.03. The maximum atomic E-state index is 12.5. The van der Waals surface area contributed by atoms with Crippen molar-refractivity contribution in [1.82, 2.24) is 4.98 Å². The van der Waals surface area contributed by atoms with Crippen LogP contribution in [0.1, 0.15) is 38.8 Å². The van der Waals surface area contributed by atoms with Crippen molar-refractivity contribution in [2.75, 3.05) is 5.32 Å². The Labute approximate surface area is 159 Å². The number of hydrogen-bond acceptors (Lipinski definition) is 3. The summed E-state index contributed by atoms with van der Waals surface area (Å²) in [7, 11) is 0. The van der Waals surface area contributed by atoms with Gasteiger partial charge in [-0.3, -0.25) is 10.1 Å². The smallest absolute Gasteiger partial charge is 0.258 e. The van der Waals surface area contributed by atoms with Crippen molar-refractivity contribution in [2.45, 2.75) is 25.2 Å². The fraction of sp³-hybridized carbons (Fsp3) is 0.200. The zero-order valence-corrected chi connectivity index (χ0v) is 15.9. The van der Waals surface area contributed by atoms with Crippen molar-refractivity contribution >= 4 is 38.3 Å². The number of rotatable bonds is 3. The van der Waals surface area contributed by atoms with E-state index in [-0.39, 0.29) is 5.91 Å². The van der Waals surface area contributed by atoms with Gasteiger partial charge in [-0.25, -0.2) is 4.98 Å². The lowest BCUT2D eigenvalue weighted by Crippen LogP contribution is -2.12. The number of hydrogen-bond donors (Lipinski definition) is 1. The summed E-state index contributed by atoms with van der Waals surface area (Å²) < 4.78 is 0.790. The van der Waals surface area contributed by atoms with Crippen LogP contribution in [-0.2, 0) is 12.8 Å². The van der Waals surface area contributed by atoms with Crippen LogP contribution in [0, 0.1) is 0 Å². The van der Waals surface area contributed by atoms with Gasteiger partial charge in [0.25, 0.3) is 5.91 Å². The van der Waals surface area contributed by atoms with Crippen molar-refractivity contribution in [1.29, 1.82) is 0 Å². The molecule has 1 aliphatic rings. The van der Waals surface area contributed by atoms with E-state index >= 15 is 0 Å². The summed E-state index contributed by atoms with van der Waals surface area (Å²) in [5.41, 5.74) is 3.15. The van der Waals surface area contributed by atoms with Crippen molar-refractivity contribution in [3.8, 4) is 0 Å². The quantitative estimate of drug-likeness (QED) is 0.622. The van der Waals surface area contributed by atoms with E-state index in [2.05, 4.69) is 56.6 Å². The normalized spacial score (nSPS) is 16.3. The number of nitrogens with zero attached hydrogens (tertiary/aromatic N) is 1. The van der Waals surface area contributed by atoms with Crippen LogP contribution in [0.5, 0.6) is 0 Å². The summed E-state index contributed by atoms with van der Waals surface area (Å²) in [6.07, 6.45) is 3.08. The molecule has 3 nitrogen and oxygen atoms in total. The minimum Gasteiger partial charge on any atom is -0.298 e. The van der Waals surface area contributed by atoms with Gasteiger partial charge >= 0.3 is 0 Å². The van der Waals surface area contributed by atoms with Crippen LogP contribution in [0.25, 0.3) is 0 Å². The predicted octanol–water partition coefficient (Wildman–Crippen LogP) is 5.43. The molecule has 1 aromatic heterocycles. The lowest BCUT2D eigenvalue weighted by molar-refractivity contribution is 0.102. The fourth-order valence-corrected chi connectivity index (χ4v) is 4.80. The molecule has 1 aliphatic carbocycles. The molecule has 1 amide bonds. The lowest BCUT2D eigenvalue weighted by atomic mass is 9.85. The second kappa shape index (κ2) is 7.10. The minimum absolute atomic E-state index is 0.127. The number of aryl methyl sites for hydroxylation is 1. The first kappa shape index (κ1) is 16.5. The number of thiazole rings is 1. The molecule has 0 saturated carbocycles. The third-order valence-corrected chi connectivity index (χ3v) is 6.28. The van der Waals surface area contributed by atoms with E-state index in [0.29, 0.717) is 16.6 Å². The van der Waals surface area contributed by atoms with Crippen LogP contribution in [-0.4, -0.2) is 10.9 Å². The average molecular weight is 413 g/mol. The number of benzene rings is 2. The van der Waals surface area contributed by atoms with E-state index < -0.39 is 0 Å². The third kappa shape index (κ3) is 3.53. The van der Waals surface area contributed by atoms with Crippen LogP contribution >= 0.6 is 27.3 Å². The van der Waals surface area contributed by atoms with Gasteiger partial charge < -0.3 is 0 Å². The van der Waals surface area contributed by atoms with Gasteiger partial charge in [0, 0.05) is 9.35 Å². The molecule has 5 heteroatoms. The number of halogens is 1. The van der Waals surface area contributed by atoms with Crippen molar-refractivity contribution in [3.63, 3.8) is 0 Å². The molecule has 0 radical (unpaired) electrons. The predicted molar refractivity (Wildman–Crippen MR) is 105 cm³/mol. The molecule has 0 spiro atoms. The summed E-state index contributed by atoms with van der Waals surface area (Å²) in [4.78, 5) is 18.4. The van der Waals surface area contributed by atoms with Gasteiger partial charge in [0.15, 0.2) is 5.13 Å². The molecule has 2 aromatic carbocycles. The Hall–Kier alpha value is -1.98. The molecular weight excluding hydrogens is 396 g/mol. The van der Waals surface area contributed by atoms with E-state index in [4.69, 9.17) is 0 Å². The Morgan fingerprint density at radius 2 is 1.88 bits per heavy atom. The number of carbonyl (C=O) groups excluding carboxylic acids is 1. The number of fused-ring (bicyclic) bond motifs is 1. The van der Waals surface area contributed by atoms with Gasteiger partial charge in [-0.2, -0.15) is 0 Å². The monoisotopic (exact) mass is 412 g/mol. The molecule has 1 heterocycles. The zero-order valence-electron chi connectivity index (χ0n) is 13.5. The first-order chi connectivity index (χ1) is 12.2. The fourth-order valence-electron chi connectivity index (χ4n) is 3.25. The van der Waals surface area contributed by atoms with E-state index in [1.165, 1.54) is 10.4 Å². The Kier molecular flexibility index (Phi) is 4.68. The average Bonchev–Trinajstić information content (AvgIpc) is 3.04. The molecule has 4 rings (SSSR count). The van der Waals surface area contributed by atoms with Gasteiger partial charge in [-0.15, -0.1) is 11.3 Å². The highest BCUT2D eigenvalue weighted by Gasteiger charge is 2.24. The summed E-state index contributed by atoms with van der Waals surface area (Å²) in [5.74, 6) is 0.416. The molecule has 0 saturated heterocycles. The Morgan fingerprint density at radius 1 is 1.12 bits per heavy atom. The topological polar surface area (TPSA) is 42.0 Å². The maximum Gasteiger partial charge on any atom is 0.258 e. The van der Waals surface area contributed by atoms with Crippen molar-refractivity contribution < 1.29 is 4.79 Å². The molecular formula is C20H17BrN2OS. The molecule has 1 unspecified atom stereocenters. The summed E-state index contributed by atoms with van der Waals surface area (Å²) in [6, 6.07) is 18.1. The van der Waals surface area contributed by atoms with E-state index in [1.807, 2.05) is 18.2 Å². The summed E-state index contributed by atoms with van der Waals surface area (Å²) in [5, 5.41) is 3.64. The highest BCUT2D eigenvalue weighted by atomic mass is 79.9. The van der Waals surface area contributed by atoms with Gasteiger partial charge in [-0.1, -0.05) is 42.5 Å². The second-order valence-corrected chi connectivity index (χ2v) is 8.11. The van der Waals surface area contributed by atoms with Crippen molar-refractivity contribution in [3.05, 3.63) is 80.8 Å². The molecule has 25 heavy (non-hydrogen) atoms. The highest BCUT2D eigenvalue weighted by molar-refractivity contribution is 9.10.